The number of benzene rings is 1. The van der Waals surface area contributed by atoms with Gasteiger partial charge in [0.05, 0.1) is 0 Å². The predicted molar refractivity (Wildman–Crippen MR) is 65.0 cm³/mol. The summed E-state index contributed by atoms with van der Waals surface area (Å²) in [5.41, 5.74) is 1.93. The molecule has 0 atom stereocenters. The van der Waals surface area contributed by atoms with E-state index in [1.807, 2.05) is 25.1 Å². The van der Waals surface area contributed by atoms with E-state index >= 15 is 0 Å². The van der Waals surface area contributed by atoms with Gasteiger partial charge >= 0.3 is 5.97 Å². The van der Waals surface area contributed by atoms with Crippen LogP contribution >= 0.6 is 11.6 Å². The average Bonchev–Trinajstić information content (AvgIpc) is 2.15. The first-order valence-corrected chi connectivity index (χ1v) is 5.28. The monoisotopic (exact) mass is 258 g/mol. The van der Waals surface area contributed by atoms with Crippen LogP contribution in [0, 0.1) is 6.92 Å². The number of rotatable bonds is 2. The lowest BCUT2D eigenvalue weighted by Crippen LogP contribution is -1.99. The molecule has 0 aliphatic carbocycles. The Hall–Kier alpha value is -1.55. The summed E-state index contributed by atoms with van der Waals surface area (Å²) in [7, 11) is 0. The van der Waals surface area contributed by atoms with Crippen LogP contribution in [0.4, 0.5) is 0 Å². The average molecular weight is 259 g/mol. The largest absolute Gasteiger partial charge is 0.481 e. The SMILES string of the molecule is CC(=O)O.CC(=O)OCc1ccc(C)cc1Cl. The number of carboxylic acid groups (broad SMARTS) is 1. The number of carbonyl (C=O) groups is 2. The fraction of sp³-hybridized carbons (Fsp3) is 0.333. The molecule has 94 valence electrons. The molecule has 0 saturated heterocycles. The molecule has 0 radical (unpaired) electrons. The van der Waals surface area contributed by atoms with E-state index in [0.717, 1.165) is 18.1 Å². The van der Waals surface area contributed by atoms with Crippen LogP contribution in [0.2, 0.25) is 5.02 Å². The summed E-state index contributed by atoms with van der Waals surface area (Å²) < 4.78 is 4.83. The fourth-order valence-corrected chi connectivity index (χ4v) is 1.24. The first kappa shape index (κ1) is 15.5. The molecule has 17 heavy (non-hydrogen) atoms. The van der Waals surface area contributed by atoms with Gasteiger partial charge < -0.3 is 9.84 Å². The molecule has 0 amide bonds. The molecule has 0 bridgehead atoms. The molecule has 5 heteroatoms. The number of hydrogen-bond donors (Lipinski definition) is 1. The van der Waals surface area contributed by atoms with Gasteiger partial charge in [-0.15, -0.1) is 0 Å². The van der Waals surface area contributed by atoms with Crippen molar-refractivity contribution in [1.82, 2.24) is 0 Å². The van der Waals surface area contributed by atoms with E-state index in [4.69, 9.17) is 26.2 Å². The van der Waals surface area contributed by atoms with Gasteiger partial charge in [0, 0.05) is 24.4 Å². The lowest BCUT2D eigenvalue weighted by atomic mass is 10.2. The molecule has 0 aliphatic rings. The molecule has 4 nitrogen and oxygen atoms in total. The zero-order chi connectivity index (χ0) is 13.4. The van der Waals surface area contributed by atoms with Crippen LogP contribution in [0.1, 0.15) is 25.0 Å². The molecule has 1 rings (SSSR count). The van der Waals surface area contributed by atoms with Crippen molar-refractivity contribution in [3.63, 3.8) is 0 Å². The highest BCUT2D eigenvalue weighted by molar-refractivity contribution is 6.31. The minimum atomic E-state index is -0.833. The lowest BCUT2D eigenvalue weighted by molar-refractivity contribution is -0.142. The second-order valence-electron chi connectivity index (χ2n) is 3.39. The van der Waals surface area contributed by atoms with Crippen molar-refractivity contribution in [2.24, 2.45) is 0 Å². The highest BCUT2D eigenvalue weighted by atomic mass is 35.5. The van der Waals surface area contributed by atoms with Crippen LogP contribution in [0.25, 0.3) is 0 Å². The molecule has 0 heterocycles. The van der Waals surface area contributed by atoms with Crippen LogP contribution < -0.4 is 0 Å². The zero-order valence-electron chi connectivity index (χ0n) is 9.99. The molecule has 1 N–H and O–H groups in total. The number of hydrogen-bond acceptors (Lipinski definition) is 3. The topological polar surface area (TPSA) is 63.6 Å². The van der Waals surface area contributed by atoms with E-state index in [1.54, 1.807) is 0 Å². The van der Waals surface area contributed by atoms with Crippen molar-refractivity contribution < 1.29 is 19.4 Å². The molecular formula is C12H15ClO4. The third-order valence-corrected chi connectivity index (χ3v) is 1.99. The Morgan fingerprint density at radius 2 is 1.88 bits per heavy atom. The van der Waals surface area contributed by atoms with Crippen molar-refractivity contribution >= 4 is 23.5 Å². The predicted octanol–water partition coefficient (Wildman–Crippen LogP) is 2.80. The van der Waals surface area contributed by atoms with Gasteiger partial charge in [0.15, 0.2) is 0 Å². The molecule has 0 aliphatic heterocycles. The third-order valence-electron chi connectivity index (χ3n) is 1.64. The molecule has 0 spiro atoms. The maximum Gasteiger partial charge on any atom is 0.302 e. The van der Waals surface area contributed by atoms with Crippen LogP contribution in [0.3, 0.4) is 0 Å². The number of ether oxygens (including phenoxy) is 1. The van der Waals surface area contributed by atoms with Crippen molar-refractivity contribution in [3.8, 4) is 0 Å². The molecular weight excluding hydrogens is 244 g/mol. The zero-order valence-corrected chi connectivity index (χ0v) is 10.7. The Bertz CT molecular complexity index is 397. The van der Waals surface area contributed by atoms with Crippen molar-refractivity contribution in [2.75, 3.05) is 0 Å². The van der Waals surface area contributed by atoms with E-state index < -0.39 is 5.97 Å². The van der Waals surface area contributed by atoms with Gasteiger partial charge in [-0.25, -0.2) is 0 Å². The van der Waals surface area contributed by atoms with Gasteiger partial charge in [0.2, 0.25) is 0 Å². The summed E-state index contributed by atoms with van der Waals surface area (Å²) in [6.45, 7) is 4.66. The van der Waals surface area contributed by atoms with Gasteiger partial charge in [-0.05, 0) is 18.6 Å². The van der Waals surface area contributed by atoms with E-state index in [9.17, 15) is 4.79 Å². The van der Waals surface area contributed by atoms with Crippen LogP contribution in [-0.2, 0) is 20.9 Å². The Labute approximate surface area is 105 Å². The highest BCUT2D eigenvalue weighted by Gasteiger charge is 2.01. The summed E-state index contributed by atoms with van der Waals surface area (Å²) >= 11 is 5.92. The van der Waals surface area contributed by atoms with Crippen molar-refractivity contribution in [2.45, 2.75) is 27.4 Å². The van der Waals surface area contributed by atoms with E-state index in [0.29, 0.717) is 5.02 Å². The van der Waals surface area contributed by atoms with Crippen molar-refractivity contribution in [1.29, 1.82) is 0 Å². The van der Waals surface area contributed by atoms with Crippen molar-refractivity contribution in [3.05, 3.63) is 34.3 Å². The quantitative estimate of drug-likeness (QED) is 0.829. The number of esters is 1. The summed E-state index contributed by atoms with van der Waals surface area (Å²) in [5.74, 6) is -1.13. The summed E-state index contributed by atoms with van der Waals surface area (Å²) in [6, 6.07) is 5.64. The van der Waals surface area contributed by atoms with Crippen LogP contribution in [-0.4, -0.2) is 17.0 Å². The smallest absolute Gasteiger partial charge is 0.302 e. The number of carbonyl (C=O) groups excluding carboxylic acids is 1. The van der Waals surface area contributed by atoms with Gasteiger partial charge in [0.1, 0.15) is 6.61 Å². The van der Waals surface area contributed by atoms with Crippen LogP contribution in [0.15, 0.2) is 18.2 Å². The van der Waals surface area contributed by atoms with Crippen LogP contribution in [0.5, 0.6) is 0 Å². The lowest BCUT2D eigenvalue weighted by Gasteiger charge is -2.04. The van der Waals surface area contributed by atoms with Gasteiger partial charge in [-0.1, -0.05) is 23.7 Å². The van der Waals surface area contributed by atoms with Gasteiger partial charge in [-0.2, -0.15) is 0 Å². The number of aliphatic carboxylic acids is 1. The molecule has 0 saturated carbocycles. The van der Waals surface area contributed by atoms with E-state index in [-0.39, 0.29) is 12.6 Å². The molecule has 1 aromatic rings. The first-order valence-electron chi connectivity index (χ1n) is 4.91. The van der Waals surface area contributed by atoms with E-state index in [2.05, 4.69) is 0 Å². The second kappa shape index (κ2) is 7.68. The molecule has 0 aromatic heterocycles. The number of halogens is 1. The minimum absolute atomic E-state index is 0.244. The molecule has 0 unspecified atom stereocenters. The first-order chi connectivity index (χ1) is 7.82. The maximum atomic E-state index is 10.5. The number of carboxylic acids is 1. The minimum Gasteiger partial charge on any atom is -0.481 e. The van der Waals surface area contributed by atoms with Gasteiger partial charge in [0.25, 0.3) is 5.97 Å². The summed E-state index contributed by atoms with van der Waals surface area (Å²) in [4.78, 5) is 19.5. The standard InChI is InChI=1S/C10H11ClO2.C2H4O2/c1-7-3-4-9(10(11)5-7)6-13-8(2)12;1-2(3)4/h3-5H,6H2,1-2H3;1H3,(H,3,4). The van der Waals surface area contributed by atoms with E-state index in [1.165, 1.54) is 6.92 Å². The molecule has 0 fully saturated rings. The maximum absolute atomic E-state index is 10.5. The Morgan fingerprint density at radius 1 is 1.35 bits per heavy atom. The summed E-state index contributed by atoms with van der Waals surface area (Å²) in [5, 5.41) is 8.06. The Balaban J connectivity index is 0.000000557. The Kier molecular flexibility index (Phi) is 6.98. The molecule has 1 aromatic carbocycles. The van der Waals surface area contributed by atoms with Gasteiger partial charge in [-0.3, -0.25) is 9.59 Å². The second-order valence-corrected chi connectivity index (χ2v) is 3.80. The summed E-state index contributed by atoms with van der Waals surface area (Å²) in [6.07, 6.45) is 0. The fourth-order valence-electron chi connectivity index (χ4n) is 0.949. The Morgan fingerprint density at radius 3 is 2.29 bits per heavy atom. The normalized spacial score (nSPS) is 8.94. The number of aryl methyl sites for hydroxylation is 1. The highest BCUT2D eigenvalue weighted by Crippen LogP contribution is 2.18. The third kappa shape index (κ3) is 8.28.